The molecule has 2 aromatic heterocycles. The van der Waals surface area contributed by atoms with E-state index in [1.807, 2.05) is 37.0 Å². The SMILES string of the molecule is CN=C(NCCCCC1CCCC1)NCc1ccc(-n2ccnc2C)nc1.I. The van der Waals surface area contributed by atoms with Gasteiger partial charge in [0.2, 0.25) is 0 Å². The molecule has 1 aliphatic rings. The van der Waals surface area contributed by atoms with Gasteiger partial charge in [-0.2, -0.15) is 0 Å². The number of hydrogen-bond acceptors (Lipinski definition) is 3. The van der Waals surface area contributed by atoms with Crippen LogP contribution in [0.1, 0.15) is 56.3 Å². The highest BCUT2D eigenvalue weighted by Crippen LogP contribution is 2.28. The van der Waals surface area contributed by atoms with Gasteiger partial charge in [0.25, 0.3) is 0 Å². The van der Waals surface area contributed by atoms with Crippen molar-refractivity contribution in [2.24, 2.45) is 10.9 Å². The Bertz CT molecular complexity index is 719. The van der Waals surface area contributed by atoms with Crippen molar-refractivity contribution < 1.29 is 0 Å². The number of halogens is 1. The van der Waals surface area contributed by atoms with E-state index in [9.17, 15) is 0 Å². The van der Waals surface area contributed by atoms with E-state index < -0.39 is 0 Å². The molecule has 0 aromatic carbocycles. The predicted octanol–water partition coefficient (Wildman–Crippen LogP) is 4.22. The van der Waals surface area contributed by atoms with Crippen LogP contribution in [-0.2, 0) is 6.54 Å². The van der Waals surface area contributed by atoms with Gasteiger partial charge < -0.3 is 10.6 Å². The number of aliphatic imine (C=N–C) groups is 1. The monoisotopic (exact) mass is 496 g/mol. The number of aryl methyl sites for hydroxylation is 1. The van der Waals surface area contributed by atoms with Crippen LogP contribution in [0.4, 0.5) is 0 Å². The second kappa shape index (κ2) is 12.0. The third-order valence-electron chi connectivity index (χ3n) is 5.37. The van der Waals surface area contributed by atoms with E-state index in [-0.39, 0.29) is 24.0 Å². The summed E-state index contributed by atoms with van der Waals surface area (Å²) in [5.74, 6) is 3.67. The van der Waals surface area contributed by atoms with Crippen LogP contribution in [0.3, 0.4) is 0 Å². The van der Waals surface area contributed by atoms with E-state index in [4.69, 9.17) is 0 Å². The summed E-state index contributed by atoms with van der Waals surface area (Å²) in [6.07, 6.45) is 15.3. The molecule has 2 N–H and O–H groups in total. The number of hydrogen-bond donors (Lipinski definition) is 2. The van der Waals surface area contributed by atoms with Crippen LogP contribution in [0.25, 0.3) is 5.82 Å². The Balaban J connectivity index is 0.00000280. The molecule has 6 nitrogen and oxygen atoms in total. The summed E-state index contributed by atoms with van der Waals surface area (Å²) in [6, 6.07) is 4.11. The van der Waals surface area contributed by atoms with Crippen molar-refractivity contribution in [3.05, 3.63) is 42.1 Å². The normalized spacial score (nSPS) is 14.7. The summed E-state index contributed by atoms with van der Waals surface area (Å²) in [5.41, 5.74) is 1.13. The van der Waals surface area contributed by atoms with Crippen molar-refractivity contribution in [2.45, 2.75) is 58.4 Å². The van der Waals surface area contributed by atoms with Gasteiger partial charge in [-0.15, -0.1) is 24.0 Å². The maximum absolute atomic E-state index is 4.53. The number of aromatic nitrogens is 3. The number of unbranched alkanes of at least 4 members (excludes halogenated alkanes) is 1. The van der Waals surface area contributed by atoms with Crippen LogP contribution in [-0.4, -0.2) is 34.1 Å². The van der Waals surface area contributed by atoms with Crippen molar-refractivity contribution in [3.63, 3.8) is 0 Å². The quantitative estimate of drug-likeness (QED) is 0.249. The van der Waals surface area contributed by atoms with Gasteiger partial charge in [-0.1, -0.05) is 44.6 Å². The lowest BCUT2D eigenvalue weighted by Gasteiger charge is -2.13. The number of imidazole rings is 1. The third kappa shape index (κ3) is 6.76. The first-order valence-corrected chi connectivity index (χ1v) is 10.2. The van der Waals surface area contributed by atoms with Crippen molar-refractivity contribution in [3.8, 4) is 5.82 Å². The fourth-order valence-corrected chi connectivity index (χ4v) is 3.75. The topological polar surface area (TPSA) is 67.1 Å². The number of rotatable bonds is 8. The summed E-state index contributed by atoms with van der Waals surface area (Å²) in [7, 11) is 1.82. The molecule has 0 atom stereocenters. The molecule has 0 aliphatic heterocycles. The Labute approximate surface area is 185 Å². The average Bonchev–Trinajstić information content (AvgIpc) is 3.36. The molecule has 1 saturated carbocycles. The van der Waals surface area contributed by atoms with Crippen LogP contribution in [0, 0.1) is 12.8 Å². The van der Waals surface area contributed by atoms with Crippen molar-refractivity contribution >= 4 is 29.9 Å². The fraction of sp³-hybridized carbons (Fsp3) is 0.571. The molecule has 0 unspecified atom stereocenters. The van der Waals surface area contributed by atoms with Crippen LogP contribution in [0.5, 0.6) is 0 Å². The van der Waals surface area contributed by atoms with Gasteiger partial charge in [-0.3, -0.25) is 9.56 Å². The summed E-state index contributed by atoms with van der Waals surface area (Å²) >= 11 is 0. The smallest absolute Gasteiger partial charge is 0.191 e. The zero-order chi connectivity index (χ0) is 18.9. The van der Waals surface area contributed by atoms with Gasteiger partial charge in [0, 0.05) is 38.7 Å². The third-order valence-corrected chi connectivity index (χ3v) is 5.37. The minimum Gasteiger partial charge on any atom is -0.356 e. The first-order valence-electron chi connectivity index (χ1n) is 10.2. The molecule has 0 radical (unpaired) electrons. The Morgan fingerprint density at radius 2 is 2.00 bits per heavy atom. The van der Waals surface area contributed by atoms with Crippen LogP contribution >= 0.6 is 24.0 Å². The zero-order valence-electron chi connectivity index (χ0n) is 17.0. The van der Waals surface area contributed by atoms with Gasteiger partial charge in [-0.25, -0.2) is 9.97 Å². The van der Waals surface area contributed by atoms with Gasteiger partial charge >= 0.3 is 0 Å². The molecule has 0 saturated heterocycles. The Morgan fingerprint density at radius 1 is 1.18 bits per heavy atom. The van der Waals surface area contributed by atoms with Gasteiger partial charge in [0.1, 0.15) is 11.6 Å². The lowest BCUT2D eigenvalue weighted by Crippen LogP contribution is -2.37. The molecule has 2 heterocycles. The summed E-state index contributed by atoms with van der Waals surface area (Å²) in [6.45, 7) is 3.65. The molecule has 1 fully saturated rings. The second-order valence-electron chi connectivity index (χ2n) is 7.37. The molecule has 0 spiro atoms. The first-order chi connectivity index (χ1) is 13.3. The lowest BCUT2D eigenvalue weighted by molar-refractivity contribution is 0.472. The molecular formula is C21H33IN6. The van der Waals surface area contributed by atoms with Gasteiger partial charge in [0.15, 0.2) is 5.96 Å². The first kappa shape index (κ1) is 22.6. The van der Waals surface area contributed by atoms with Crippen LogP contribution < -0.4 is 10.6 Å². The Hall–Kier alpha value is -1.64. The Morgan fingerprint density at radius 3 is 2.64 bits per heavy atom. The highest BCUT2D eigenvalue weighted by Gasteiger charge is 2.13. The van der Waals surface area contributed by atoms with E-state index in [2.05, 4.69) is 31.7 Å². The highest BCUT2D eigenvalue weighted by atomic mass is 127. The number of nitrogens with one attached hydrogen (secondary N) is 2. The summed E-state index contributed by atoms with van der Waals surface area (Å²) in [5, 5.41) is 6.78. The molecule has 28 heavy (non-hydrogen) atoms. The molecular weight excluding hydrogens is 463 g/mol. The standard InChI is InChI=1S/C21H32N6.HI/c1-17-23-13-14-27(17)20-11-10-19(15-25-20)16-26-21(22-2)24-12-6-5-9-18-7-3-4-8-18;/h10-11,13-15,18H,3-9,12,16H2,1-2H3,(H2,22,24,26);1H. The number of guanidine groups is 1. The van der Waals surface area contributed by atoms with Crippen molar-refractivity contribution in [2.75, 3.05) is 13.6 Å². The van der Waals surface area contributed by atoms with E-state index in [0.717, 1.165) is 35.6 Å². The largest absolute Gasteiger partial charge is 0.356 e. The molecule has 1 aliphatic carbocycles. The lowest BCUT2D eigenvalue weighted by atomic mass is 10.0. The maximum Gasteiger partial charge on any atom is 0.191 e. The number of pyridine rings is 1. The minimum atomic E-state index is 0. The van der Waals surface area contributed by atoms with E-state index in [1.54, 1.807) is 6.20 Å². The molecule has 3 rings (SSSR count). The van der Waals surface area contributed by atoms with E-state index in [1.165, 1.54) is 44.9 Å². The Kier molecular flexibility index (Phi) is 9.73. The minimum absolute atomic E-state index is 0. The molecule has 0 bridgehead atoms. The van der Waals surface area contributed by atoms with E-state index >= 15 is 0 Å². The summed E-state index contributed by atoms with van der Waals surface area (Å²) in [4.78, 5) is 13.1. The van der Waals surface area contributed by atoms with Crippen molar-refractivity contribution in [1.82, 2.24) is 25.2 Å². The second-order valence-corrected chi connectivity index (χ2v) is 7.37. The van der Waals surface area contributed by atoms with E-state index in [0.29, 0.717) is 6.54 Å². The van der Waals surface area contributed by atoms with Crippen LogP contribution in [0.15, 0.2) is 35.7 Å². The summed E-state index contributed by atoms with van der Waals surface area (Å²) < 4.78 is 1.98. The highest BCUT2D eigenvalue weighted by molar-refractivity contribution is 14.0. The molecule has 2 aromatic rings. The van der Waals surface area contributed by atoms with Crippen molar-refractivity contribution in [1.29, 1.82) is 0 Å². The van der Waals surface area contributed by atoms with Gasteiger partial charge in [0.05, 0.1) is 0 Å². The maximum atomic E-state index is 4.53. The molecule has 0 amide bonds. The average molecular weight is 496 g/mol. The van der Waals surface area contributed by atoms with Gasteiger partial charge in [-0.05, 0) is 30.9 Å². The zero-order valence-corrected chi connectivity index (χ0v) is 19.4. The molecule has 154 valence electrons. The number of nitrogens with zero attached hydrogens (tertiary/aromatic N) is 4. The van der Waals surface area contributed by atoms with Crippen LogP contribution in [0.2, 0.25) is 0 Å². The predicted molar refractivity (Wildman–Crippen MR) is 126 cm³/mol. The molecule has 7 heteroatoms. The fourth-order valence-electron chi connectivity index (χ4n) is 3.75.